The second-order valence-electron chi connectivity index (χ2n) is 4.70. The number of nitrogens with two attached hydrogens (primary N) is 1. The third-order valence-electron chi connectivity index (χ3n) is 3.62. The molecule has 1 saturated carbocycles. The summed E-state index contributed by atoms with van der Waals surface area (Å²) in [5.41, 5.74) is 5.68. The van der Waals surface area contributed by atoms with Gasteiger partial charge in [-0.1, -0.05) is 26.7 Å². The Kier molecular flexibility index (Phi) is 11.1. The molecule has 1 rings (SSSR count). The van der Waals surface area contributed by atoms with Gasteiger partial charge in [-0.3, -0.25) is 9.69 Å². The number of rotatable bonds is 6. The van der Waals surface area contributed by atoms with Gasteiger partial charge in [0, 0.05) is 6.54 Å². The fourth-order valence-corrected chi connectivity index (χ4v) is 2.42. The Balaban J connectivity index is 0. The monoisotopic (exact) mass is 299 g/mol. The number of nitrogens with zero attached hydrogens (tertiary/aromatic N) is 1. The van der Waals surface area contributed by atoms with Gasteiger partial charge in [-0.05, 0) is 25.9 Å². The van der Waals surface area contributed by atoms with Crippen LogP contribution in [-0.2, 0) is 4.79 Å². The van der Waals surface area contributed by atoms with Crippen LogP contribution in [0.1, 0.15) is 39.5 Å². The van der Waals surface area contributed by atoms with Crippen molar-refractivity contribution in [1.82, 2.24) is 10.2 Å². The first-order valence-electron chi connectivity index (χ1n) is 6.39. The van der Waals surface area contributed by atoms with E-state index in [2.05, 4.69) is 24.1 Å². The zero-order valence-electron chi connectivity index (χ0n) is 11.4. The molecule has 0 atom stereocenters. The highest BCUT2D eigenvalue weighted by atomic mass is 35.5. The van der Waals surface area contributed by atoms with Gasteiger partial charge in [0.05, 0.1) is 12.1 Å². The fourth-order valence-electron chi connectivity index (χ4n) is 2.42. The molecule has 110 valence electrons. The second kappa shape index (κ2) is 9.84. The number of carbonyl (C=O) groups excluding carboxylic acids is 1. The third kappa shape index (κ3) is 5.74. The van der Waals surface area contributed by atoms with Gasteiger partial charge in [-0.2, -0.15) is 0 Å². The lowest BCUT2D eigenvalue weighted by Gasteiger charge is -2.30. The molecule has 0 radical (unpaired) electrons. The summed E-state index contributed by atoms with van der Waals surface area (Å²) in [6, 6.07) is 0. The Labute approximate surface area is 123 Å². The summed E-state index contributed by atoms with van der Waals surface area (Å²) in [7, 11) is 0. The largest absolute Gasteiger partial charge is 0.348 e. The number of hydrogen-bond donors (Lipinski definition) is 2. The highest BCUT2D eigenvalue weighted by molar-refractivity contribution is 5.85. The maximum atomic E-state index is 11.9. The van der Waals surface area contributed by atoms with Crippen LogP contribution in [0.2, 0.25) is 0 Å². The summed E-state index contributed by atoms with van der Waals surface area (Å²) in [5.74, 6) is 0.121. The zero-order valence-corrected chi connectivity index (χ0v) is 13.0. The first-order chi connectivity index (χ1) is 7.65. The van der Waals surface area contributed by atoms with Crippen LogP contribution < -0.4 is 11.1 Å². The molecule has 0 aromatic carbocycles. The minimum absolute atomic E-state index is 0. The van der Waals surface area contributed by atoms with E-state index in [1.54, 1.807) is 0 Å². The van der Waals surface area contributed by atoms with Gasteiger partial charge in [-0.25, -0.2) is 0 Å². The number of likely N-dealkylation sites (N-methyl/N-ethyl adjacent to an activating group) is 1. The van der Waals surface area contributed by atoms with Crippen LogP contribution in [0.4, 0.5) is 0 Å². The van der Waals surface area contributed by atoms with E-state index >= 15 is 0 Å². The van der Waals surface area contributed by atoms with Crippen molar-refractivity contribution >= 4 is 30.7 Å². The highest BCUT2D eigenvalue weighted by Gasteiger charge is 2.33. The Morgan fingerprint density at radius 2 is 1.72 bits per heavy atom. The van der Waals surface area contributed by atoms with Crippen LogP contribution >= 0.6 is 24.8 Å². The molecule has 1 fully saturated rings. The van der Waals surface area contributed by atoms with Crippen LogP contribution in [0.5, 0.6) is 0 Å². The van der Waals surface area contributed by atoms with E-state index in [0.29, 0.717) is 13.1 Å². The maximum Gasteiger partial charge on any atom is 0.234 e. The van der Waals surface area contributed by atoms with Crippen LogP contribution in [-0.4, -0.2) is 42.5 Å². The molecule has 1 aliphatic carbocycles. The second-order valence-corrected chi connectivity index (χ2v) is 4.70. The summed E-state index contributed by atoms with van der Waals surface area (Å²) in [5, 5.41) is 3.14. The molecule has 0 heterocycles. The van der Waals surface area contributed by atoms with Crippen molar-refractivity contribution in [3.05, 3.63) is 0 Å². The van der Waals surface area contributed by atoms with Crippen LogP contribution in [0.15, 0.2) is 0 Å². The molecule has 1 amide bonds. The lowest BCUT2D eigenvalue weighted by atomic mass is 9.98. The summed E-state index contributed by atoms with van der Waals surface area (Å²) in [6.07, 6.45) is 4.44. The predicted molar refractivity (Wildman–Crippen MR) is 80.7 cm³/mol. The van der Waals surface area contributed by atoms with E-state index in [9.17, 15) is 4.79 Å². The lowest BCUT2D eigenvalue weighted by Crippen LogP contribution is -2.54. The van der Waals surface area contributed by atoms with Crippen molar-refractivity contribution in [2.24, 2.45) is 5.73 Å². The van der Waals surface area contributed by atoms with E-state index in [4.69, 9.17) is 5.73 Å². The maximum absolute atomic E-state index is 11.9. The lowest BCUT2D eigenvalue weighted by molar-refractivity contribution is -0.124. The number of hydrogen-bond acceptors (Lipinski definition) is 3. The van der Waals surface area contributed by atoms with Gasteiger partial charge in [0.1, 0.15) is 0 Å². The smallest absolute Gasteiger partial charge is 0.234 e. The van der Waals surface area contributed by atoms with Crippen molar-refractivity contribution in [1.29, 1.82) is 0 Å². The van der Waals surface area contributed by atoms with Gasteiger partial charge < -0.3 is 11.1 Å². The molecule has 3 N–H and O–H groups in total. The molecule has 0 aromatic rings. The van der Waals surface area contributed by atoms with E-state index < -0.39 is 0 Å². The summed E-state index contributed by atoms with van der Waals surface area (Å²) in [4.78, 5) is 14.0. The van der Waals surface area contributed by atoms with Gasteiger partial charge in [0.25, 0.3) is 0 Å². The van der Waals surface area contributed by atoms with Crippen LogP contribution in [0.25, 0.3) is 0 Å². The quantitative estimate of drug-likeness (QED) is 0.782. The molecule has 6 heteroatoms. The molecule has 1 aliphatic rings. The number of halogens is 2. The Morgan fingerprint density at radius 3 is 2.11 bits per heavy atom. The van der Waals surface area contributed by atoms with Crippen molar-refractivity contribution < 1.29 is 4.79 Å². The van der Waals surface area contributed by atoms with E-state index in [1.165, 1.54) is 12.8 Å². The van der Waals surface area contributed by atoms with Crippen molar-refractivity contribution in [3.63, 3.8) is 0 Å². The first kappa shape index (κ1) is 20.3. The molecule has 0 unspecified atom stereocenters. The molecule has 4 nitrogen and oxygen atoms in total. The van der Waals surface area contributed by atoms with Gasteiger partial charge in [0.15, 0.2) is 0 Å². The van der Waals surface area contributed by atoms with Gasteiger partial charge >= 0.3 is 0 Å². The average Bonchev–Trinajstić information content (AvgIpc) is 2.75. The molecule has 0 bridgehead atoms. The summed E-state index contributed by atoms with van der Waals surface area (Å²) in [6.45, 7) is 7.04. The van der Waals surface area contributed by atoms with E-state index in [0.717, 1.165) is 25.9 Å². The average molecular weight is 300 g/mol. The first-order valence-corrected chi connectivity index (χ1v) is 6.39. The normalized spacial score (nSPS) is 16.9. The SMILES string of the molecule is CCN(CC)CC(=O)NC1(CN)CCCC1.Cl.Cl. The Bertz CT molecular complexity index is 229. The van der Waals surface area contributed by atoms with E-state index in [-0.39, 0.29) is 36.3 Å². The Morgan fingerprint density at radius 1 is 1.22 bits per heavy atom. The molecule has 18 heavy (non-hydrogen) atoms. The van der Waals surface area contributed by atoms with Crippen molar-refractivity contribution in [3.8, 4) is 0 Å². The molecular formula is C12H27Cl2N3O. The number of amides is 1. The minimum atomic E-state index is -0.107. The Hall–Kier alpha value is -0.0300. The fraction of sp³-hybridized carbons (Fsp3) is 0.917. The van der Waals surface area contributed by atoms with Gasteiger partial charge in [0.2, 0.25) is 5.91 Å². The van der Waals surface area contributed by atoms with E-state index in [1.807, 2.05) is 0 Å². The van der Waals surface area contributed by atoms with Crippen molar-refractivity contribution in [2.75, 3.05) is 26.2 Å². The van der Waals surface area contributed by atoms with Crippen LogP contribution in [0, 0.1) is 0 Å². The van der Waals surface area contributed by atoms with Crippen LogP contribution in [0.3, 0.4) is 0 Å². The number of carbonyl (C=O) groups is 1. The number of nitrogens with one attached hydrogen (secondary N) is 1. The minimum Gasteiger partial charge on any atom is -0.348 e. The standard InChI is InChI=1S/C12H25N3O.2ClH/c1-3-15(4-2)9-11(16)14-12(10-13)7-5-6-8-12;;/h3-10,13H2,1-2H3,(H,14,16);2*1H. The molecule has 0 aliphatic heterocycles. The summed E-state index contributed by atoms with van der Waals surface area (Å²) < 4.78 is 0. The topological polar surface area (TPSA) is 58.4 Å². The highest BCUT2D eigenvalue weighted by Crippen LogP contribution is 2.28. The zero-order chi connectivity index (χ0) is 12.0. The van der Waals surface area contributed by atoms with Gasteiger partial charge in [-0.15, -0.1) is 24.8 Å². The predicted octanol–water partition coefficient (Wildman–Crippen LogP) is 1.56. The molecule has 0 saturated heterocycles. The third-order valence-corrected chi connectivity index (χ3v) is 3.62. The summed E-state index contributed by atoms with van der Waals surface area (Å²) >= 11 is 0. The molecule has 0 aromatic heterocycles. The molecular weight excluding hydrogens is 273 g/mol. The van der Waals surface area contributed by atoms with Crippen molar-refractivity contribution in [2.45, 2.75) is 45.1 Å². The molecule has 0 spiro atoms.